The van der Waals surface area contributed by atoms with Crippen LogP contribution in [-0.2, 0) is 0 Å². The quantitative estimate of drug-likeness (QED) is 0.905. The van der Waals surface area contributed by atoms with Crippen LogP contribution < -0.4 is 15.4 Å². The third kappa shape index (κ3) is 3.09. The first-order valence-corrected chi connectivity index (χ1v) is 8.76. The number of hydrogen-bond acceptors (Lipinski definition) is 5. The van der Waals surface area contributed by atoms with Crippen LogP contribution in [0.3, 0.4) is 0 Å². The van der Waals surface area contributed by atoms with Gasteiger partial charge in [-0.15, -0.1) is 0 Å². The number of hydrogen-bond donors (Lipinski definition) is 2. The molecule has 23 heavy (non-hydrogen) atoms. The molecule has 0 saturated carbocycles. The molecule has 6 heteroatoms. The molecule has 2 saturated heterocycles. The van der Waals surface area contributed by atoms with E-state index in [1.807, 2.05) is 31.2 Å². The van der Waals surface area contributed by atoms with E-state index >= 15 is 0 Å². The minimum absolute atomic E-state index is 0.00812. The van der Waals surface area contributed by atoms with Gasteiger partial charge in [-0.05, 0) is 50.5 Å². The number of fused-ring (bicyclic) bond motifs is 2. The Morgan fingerprint density at radius 2 is 2.26 bits per heavy atom. The van der Waals surface area contributed by atoms with Crippen molar-refractivity contribution in [3.05, 3.63) is 41.0 Å². The number of carbonyl (C=O) groups excluding carboxylic acids is 1. The maximum absolute atomic E-state index is 12.4. The fraction of sp³-hybridized carbons (Fsp3) is 0.412. The number of nitrogens with one attached hydrogen (secondary N) is 2. The number of ether oxygens (including phenoxy) is 1. The first kappa shape index (κ1) is 14.7. The number of carbonyl (C=O) groups is 1. The summed E-state index contributed by atoms with van der Waals surface area (Å²) in [6.07, 6.45) is 5.13. The third-order valence-corrected chi connectivity index (χ3v) is 5.49. The van der Waals surface area contributed by atoms with Gasteiger partial charge in [0.15, 0.2) is 5.06 Å². The normalized spacial score (nSPS) is 25.5. The topological polar surface area (TPSA) is 63.2 Å². The van der Waals surface area contributed by atoms with E-state index in [0.717, 1.165) is 18.5 Å². The molecule has 3 atom stereocenters. The minimum atomic E-state index is -0.00812. The zero-order valence-corrected chi connectivity index (χ0v) is 13.7. The number of amides is 1. The molecule has 0 aliphatic carbocycles. The van der Waals surface area contributed by atoms with E-state index in [2.05, 4.69) is 15.6 Å². The van der Waals surface area contributed by atoms with Crippen molar-refractivity contribution in [1.82, 2.24) is 15.6 Å². The Morgan fingerprint density at radius 3 is 2.96 bits per heavy atom. The number of rotatable bonds is 4. The molecule has 4 heterocycles. The lowest BCUT2D eigenvalue weighted by atomic mass is 9.95. The van der Waals surface area contributed by atoms with Gasteiger partial charge in [0.1, 0.15) is 5.75 Å². The summed E-state index contributed by atoms with van der Waals surface area (Å²) < 4.78 is 5.75. The van der Waals surface area contributed by atoms with E-state index < -0.39 is 0 Å². The maximum Gasteiger partial charge on any atom is 0.261 e. The van der Waals surface area contributed by atoms with Crippen molar-refractivity contribution >= 4 is 17.2 Å². The molecular weight excluding hydrogens is 310 g/mol. The highest BCUT2D eigenvalue weighted by molar-refractivity contribution is 7.15. The van der Waals surface area contributed by atoms with E-state index in [-0.39, 0.29) is 11.9 Å². The number of nitrogens with zero attached hydrogens (tertiary/aromatic N) is 1. The summed E-state index contributed by atoms with van der Waals surface area (Å²) in [6, 6.07) is 8.71. The van der Waals surface area contributed by atoms with Crippen LogP contribution in [0.25, 0.3) is 0 Å². The maximum atomic E-state index is 12.4. The molecule has 4 rings (SSSR count). The van der Waals surface area contributed by atoms with Crippen LogP contribution in [0.2, 0.25) is 0 Å². The summed E-state index contributed by atoms with van der Waals surface area (Å²) in [4.78, 5) is 17.3. The van der Waals surface area contributed by atoms with Gasteiger partial charge in [-0.25, -0.2) is 0 Å². The smallest absolute Gasteiger partial charge is 0.261 e. The Morgan fingerprint density at radius 1 is 1.35 bits per heavy atom. The second-order valence-corrected chi connectivity index (χ2v) is 7.27. The average molecular weight is 329 g/mol. The van der Waals surface area contributed by atoms with E-state index in [4.69, 9.17) is 4.74 Å². The molecule has 1 amide bonds. The van der Waals surface area contributed by atoms with Gasteiger partial charge >= 0.3 is 0 Å². The third-order valence-electron chi connectivity index (χ3n) is 4.52. The van der Waals surface area contributed by atoms with Crippen molar-refractivity contribution in [3.8, 4) is 10.8 Å². The summed E-state index contributed by atoms with van der Waals surface area (Å²) >= 11 is 1.36. The largest absolute Gasteiger partial charge is 0.445 e. The molecule has 2 aromatic heterocycles. The van der Waals surface area contributed by atoms with Gasteiger partial charge < -0.3 is 15.4 Å². The van der Waals surface area contributed by atoms with Crippen molar-refractivity contribution in [1.29, 1.82) is 0 Å². The van der Waals surface area contributed by atoms with Crippen molar-refractivity contribution in [2.24, 2.45) is 0 Å². The number of aryl methyl sites for hydroxylation is 1. The zero-order valence-electron chi connectivity index (χ0n) is 12.9. The van der Waals surface area contributed by atoms with Crippen LogP contribution in [0, 0.1) is 6.92 Å². The Labute approximate surface area is 139 Å². The summed E-state index contributed by atoms with van der Waals surface area (Å²) in [5.74, 6) is 0.674. The van der Waals surface area contributed by atoms with E-state index in [0.29, 0.717) is 27.8 Å². The molecule has 5 nitrogen and oxygen atoms in total. The Hall–Kier alpha value is -1.92. The van der Waals surface area contributed by atoms with Crippen LogP contribution in [0.4, 0.5) is 0 Å². The summed E-state index contributed by atoms with van der Waals surface area (Å²) in [7, 11) is 0. The second kappa shape index (κ2) is 5.94. The van der Waals surface area contributed by atoms with Crippen LogP contribution in [0.5, 0.6) is 10.8 Å². The highest BCUT2D eigenvalue weighted by Gasteiger charge is 2.39. The molecule has 0 aromatic carbocycles. The predicted molar refractivity (Wildman–Crippen MR) is 89.2 cm³/mol. The standard InChI is InChI=1S/C17H19N3O2S/c1-10-2-4-12(9-18-10)22-16-7-6-15(23-16)17(21)20-14-8-11-3-5-13(14)19-11/h2,4,6-7,9,11,13-14,19H,3,5,8H2,1H3,(H,20,21). The lowest BCUT2D eigenvalue weighted by Gasteiger charge is -2.20. The minimum Gasteiger partial charge on any atom is -0.445 e. The highest BCUT2D eigenvalue weighted by Crippen LogP contribution is 2.31. The van der Waals surface area contributed by atoms with E-state index in [1.165, 1.54) is 17.8 Å². The molecule has 120 valence electrons. The van der Waals surface area contributed by atoms with Crippen molar-refractivity contribution < 1.29 is 9.53 Å². The van der Waals surface area contributed by atoms with Gasteiger partial charge in [0.25, 0.3) is 5.91 Å². The molecule has 2 N–H and O–H groups in total. The molecule has 2 aromatic rings. The number of thiophene rings is 1. The van der Waals surface area contributed by atoms with Gasteiger partial charge in [0.05, 0.1) is 11.1 Å². The van der Waals surface area contributed by atoms with Crippen LogP contribution in [0.1, 0.15) is 34.6 Å². The first-order chi connectivity index (χ1) is 11.2. The molecule has 2 aliphatic heterocycles. The Balaban J connectivity index is 1.39. The number of pyridine rings is 1. The van der Waals surface area contributed by atoms with E-state index in [9.17, 15) is 4.79 Å². The lowest BCUT2D eigenvalue weighted by Crippen LogP contribution is -2.42. The van der Waals surface area contributed by atoms with Crippen LogP contribution in [-0.4, -0.2) is 29.0 Å². The highest BCUT2D eigenvalue weighted by atomic mass is 32.1. The fourth-order valence-electron chi connectivity index (χ4n) is 3.35. The molecule has 0 spiro atoms. The fourth-order valence-corrected chi connectivity index (χ4v) is 4.13. The average Bonchev–Trinajstić information content (AvgIpc) is 3.26. The molecular formula is C17H19N3O2S. The molecule has 3 unspecified atom stereocenters. The Bertz CT molecular complexity index is 713. The van der Waals surface area contributed by atoms with Gasteiger partial charge in [0.2, 0.25) is 0 Å². The van der Waals surface area contributed by atoms with Crippen LogP contribution >= 0.6 is 11.3 Å². The molecule has 2 aliphatic rings. The van der Waals surface area contributed by atoms with Crippen molar-refractivity contribution in [2.75, 3.05) is 0 Å². The van der Waals surface area contributed by atoms with Gasteiger partial charge in [-0.2, -0.15) is 0 Å². The van der Waals surface area contributed by atoms with Crippen molar-refractivity contribution in [2.45, 2.75) is 44.3 Å². The monoisotopic (exact) mass is 329 g/mol. The van der Waals surface area contributed by atoms with E-state index in [1.54, 1.807) is 6.20 Å². The van der Waals surface area contributed by atoms with Crippen LogP contribution in [0.15, 0.2) is 30.5 Å². The first-order valence-electron chi connectivity index (χ1n) is 7.94. The molecule has 2 fully saturated rings. The van der Waals surface area contributed by atoms with Gasteiger partial charge in [0, 0.05) is 23.8 Å². The van der Waals surface area contributed by atoms with Crippen molar-refractivity contribution in [3.63, 3.8) is 0 Å². The Kier molecular flexibility index (Phi) is 3.79. The van der Waals surface area contributed by atoms with Gasteiger partial charge in [-0.1, -0.05) is 11.3 Å². The summed E-state index contributed by atoms with van der Waals surface area (Å²) in [5, 5.41) is 7.39. The number of aromatic nitrogens is 1. The molecule has 2 bridgehead atoms. The zero-order chi connectivity index (χ0) is 15.8. The second-order valence-electron chi connectivity index (χ2n) is 6.22. The summed E-state index contributed by atoms with van der Waals surface area (Å²) in [6.45, 7) is 1.93. The SMILES string of the molecule is Cc1ccc(Oc2ccc(C(=O)NC3CC4CCC3N4)s2)cn1. The predicted octanol–water partition coefficient (Wildman–Crippen LogP) is 2.87. The van der Waals surface area contributed by atoms with Gasteiger partial charge in [-0.3, -0.25) is 9.78 Å². The lowest BCUT2D eigenvalue weighted by molar-refractivity contribution is 0.0935. The molecule has 0 radical (unpaired) electrons. The summed E-state index contributed by atoms with van der Waals surface area (Å²) in [5.41, 5.74) is 0.947.